The van der Waals surface area contributed by atoms with E-state index in [0.29, 0.717) is 0 Å². The topological polar surface area (TPSA) is 57.9 Å². The first-order valence-electron chi connectivity index (χ1n) is 7.49. The number of nitrogens with zero attached hydrogens (tertiary/aromatic N) is 2. The molecule has 108 valence electrons. The summed E-state index contributed by atoms with van der Waals surface area (Å²) in [6.45, 7) is 3.65. The smallest absolute Gasteiger partial charge is 0.144 e. The third kappa shape index (κ3) is 3.10. The molecule has 4 heteroatoms. The van der Waals surface area contributed by atoms with Crippen LogP contribution in [-0.4, -0.2) is 25.2 Å². The van der Waals surface area contributed by atoms with E-state index in [2.05, 4.69) is 18.3 Å². The van der Waals surface area contributed by atoms with Gasteiger partial charge in [-0.15, -0.1) is 0 Å². The van der Waals surface area contributed by atoms with Crippen molar-refractivity contribution in [2.45, 2.75) is 45.4 Å². The number of ether oxygens (including phenoxy) is 1. The molecule has 1 aromatic rings. The molecule has 1 aliphatic rings. The van der Waals surface area contributed by atoms with Gasteiger partial charge in [-0.2, -0.15) is 5.26 Å². The van der Waals surface area contributed by atoms with Crippen LogP contribution < -0.4 is 5.32 Å². The number of hydrogen-bond acceptors (Lipinski definition) is 4. The van der Waals surface area contributed by atoms with Crippen LogP contribution in [0.2, 0.25) is 0 Å². The van der Waals surface area contributed by atoms with Crippen LogP contribution in [0.25, 0.3) is 0 Å². The number of fused-ring (bicyclic) bond motifs is 1. The molecule has 0 bridgehead atoms. The normalized spacial score (nSPS) is 13.7. The molecule has 0 saturated carbocycles. The maximum absolute atomic E-state index is 9.49. The fraction of sp³-hybridized carbons (Fsp3) is 0.625. The number of rotatable bonds is 6. The summed E-state index contributed by atoms with van der Waals surface area (Å²) in [5, 5.41) is 12.8. The minimum absolute atomic E-state index is 0.723. The first-order chi connectivity index (χ1) is 9.81. The van der Waals surface area contributed by atoms with Crippen molar-refractivity contribution in [1.29, 1.82) is 5.26 Å². The Kier molecular flexibility index (Phi) is 5.37. The maximum atomic E-state index is 9.49. The lowest BCUT2D eigenvalue weighted by Gasteiger charge is -2.22. The van der Waals surface area contributed by atoms with E-state index >= 15 is 0 Å². The van der Waals surface area contributed by atoms with E-state index in [4.69, 9.17) is 9.72 Å². The molecular weight excluding hydrogens is 250 g/mol. The van der Waals surface area contributed by atoms with Gasteiger partial charge < -0.3 is 10.1 Å². The molecule has 20 heavy (non-hydrogen) atoms. The Bertz CT molecular complexity index is 505. The zero-order valence-electron chi connectivity index (χ0n) is 12.5. The number of pyridine rings is 1. The Morgan fingerprint density at radius 1 is 1.30 bits per heavy atom. The second kappa shape index (κ2) is 7.25. The fourth-order valence-electron chi connectivity index (χ4n) is 2.87. The minimum atomic E-state index is 0.723. The van der Waals surface area contributed by atoms with Crippen molar-refractivity contribution in [3.8, 4) is 6.07 Å². The summed E-state index contributed by atoms with van der Waals surface area (Å²) in [6, 6.07) is 2.36. The summed E-state index contributed by atoms with van der Waals surface area (Å²) >= 11 is 0. The van der Waals surface area contributed by atoms with Gasteiger partial charge in [-0.3, -0.25) is 0 Å². The highest BCUT2D eigenvalue weighted by atomic mass is 16.5. The highest BCUT2D eigenvalue weighted by Gasteiger charge is 2.21. The molecule has 0 unspecified atom stereocenters. The van der Waals surface area contributed by atoms with Crippen molar-refractivity contribution >= 4 is 5.82 Å². The third-order valence-electron chi connectivity index (χ3n) is 3.87. The van der Waals surface area contributed by atoms with Crippen LogP contribution in [0.5, 0.6) is 0 Å². The summed E-state index contributed by atoms with van der Waals surface area (Å²) in [6.07, 6.45) is 6.33. The van der Waals surface area contributed by atoms with Crippen LogP contribution in [0.15, 0.2) is 0 Å². The van der Waals surface area contributed by atoms with Crippen molar-refractivity contribution < 1.29 is 4.74 Å². The standard InChI is InChI=1S/C16H23N3O/c1-3-15-13-8-5-4-7-12(13)14(11-17)16(19-15)18-9-6-10-20-2/h3-10H2,1-2H3,(H,18,19). The van der Waals surface area contributed by atoms with Crippen molar-refractivity contribution in [2.24, 2.45) is 0 Å². The molecule has 0 aliphatic heterocycles. The minimum Gasteiger partial charge on any atom is -0.385 e. The van der Waals surface area contributed by atoms with E-state index in [1.54, 1.807) is 7.11 Å². The number of nitrogens with one attached hydrogen (secondary N) is 1. The van der Waals surface area contributed by atoms with E-state index in [1.165, 1.54) is 24.0 Å². The van der Waals surface area contributed by atoms with Crippen LogP contribution in [0.1, 0.15) is 48.6 Å². The number of hydrogen-bond donors (Lipinski definition) is 1. The van der Waals surface area contributed by atoms with E-state index in [1.807, 2.05) is 0 Å². The van der Waals surface area contributed by atoms with Crippen LogP contribution in [0, 0.1) is 11.3 Å². The molecule has 1 heterocycles. The molecule has 4 nitrogen and oxygen atoms in total. The zero-order valence-corrected chi connectivity index (χ0v) is 12.5. The molecule has 0 spiro atoms. The lowest BCUT2D eigenvalue weighted by molar-refractivity contribution is 0.197. The number of methoxy groups -OCH3 is 1. The molecule has 0 aromatic carbocycles. The number of aromatic nitrogens is 1. The van der Waals surface area contributed by atoms with Crippen molar-refractivity contribution in [2.75, 3.05) is 25.6 Å². The van der Waals surface area contributed by atoms with Gasteiger partial charge in [0.2, 0.25) is 0 Å². The van der Waals surface area contributed by atoms with E-state index in [9.17, 15) is 5.26 Å². The summed E-state index contributed by atoms with van der Waals surface area (Å²) in [5.74, 6) is 0.765. The lowest BCUT2D eigenvalue weighted by Crippen LogP contribution is -2.15. The molecule has 0 saturated heterocycles. The van der Waals surface area contributed by atoms with E-state index in [-0.39, 0.29) is 0 Å². The number of anilines is 1. The Morgan fingerprint density at radius 2 is 2.05 bits per heavy atom. The maximum Gasteiger partial charge on any atom is 0.144 e. The van der Waals surface area contributed by atoms with Crippen LogP contribution >= 0.6 is 0 Å². The first-order valence-corrected chi connectivity index (χ1v) is 7.49. The summed E-state index contributed by atoms with van der Waals surface area (Å²) < 4.78 is 5.05. The number of aryl methyl sites for hydroxylation is 1. The summed E-state index contributed by atoms with van der Waals surface area (Å²) in [4.78, 5) is 4.70. The van der Waals surface area contributed by atoms with Gasteiger partial charge in [0, 0.05) is 26.0 Å². The van der Waals surface area contributed by atoms with Gasteiger partial charge >= 0.3 is 0 Å². The lowest BCUT2D eigenvalue weighted by atomic mass is 9.87. The van der Waals surface area contributed by atoms with Crippen molar-refractivity contribution in [3.05, 3.63) is 22.4 Å². The van der Waals surface area contributed by atoms with Crippen LogP contribution in [0.4, 0.5) is 5.82 Å². The van der Waals surface area contributed by atoms with Gasteiger partial charge in [0.15, 0.2) is 0 Å². The van der Waals surface area contributed by atoms with Gasteiger partial charge in [0.05, 0.1) is 5.56 Å². The number of nitriles is 1. The van der Waals surface area contributed by atoms with E-state index in [0.717, 1.165) is 55.9 Å². The molecular formula is C16H23N3O. The monoisotopic (exact) mass is 273 g/mol. The average molecular weight is 273 g/mol. The Hall–Kier alpha value is -1.60. The zero-order chi connectivity index (χ0) is 14.4. The predicted molar refractivity (Wildman–Crippen MR) is 80.0 cm³/mol. The molecule has 1 aliphatic carbocycles. The third-order valence-corrected chi connectivity index (χ3v) is 3.87. The Balaban J connectivity index is 2.29. The van der Waals surface area contributed by atoms with Crippen molar-refractivity contribution in [1.82, 2.24) is 4.98 Å². The van der Waals surface area contributed by atoms with Gasteiger partial charge in [-0.05, 0) is 49.7 Å². The molecule has 0 fully saturated rings. The fourth-order valence-corrected chi connectivity index (χ4v) is 2.87. The molecule has 0 radical (unpaired) electrons. The second-order valence-electron chi connectivity index (χ2n) is 5.18. The summed E-state index contributed by atoms with van der Waals surface area (Å²) in [7, 11) is 1.70. The molecule has 0 atom stereocenters. The highest BCUT2D eigenvalue weighted by molar-refractivity contribution is 5.60. The van der Waals surface area contributed by atoms with Crippen LogP contribution in [-0.2, 0) is 24.0 Å². The van der Waals surface area contributed by atoms with Crippen molar-refractivity contribution in [3.63, 3.8) is 0 Å². The SMILES string of the molecule is CCc1nc(NCCCOC)c(C#N)c2c1CCCC2. The molecule has 0 amide bonds. The van der Waals surface area contributed by atoms with Gasteiger partial charge in [0.1, 0.15) is 11.9 Å². The highest BCUT2D eigenvalue weighted by Crippen LogP contribution is 2.30. The molecule has 2 rings (SSSR count). The van der Waals surface area contributed by atoms with Gasteiger partial charge in [-0.1, -0.05) is 6.92 Å². The van der Waals surface area contributed by atoms with Gasteiger partial charge in [-0.25, -0.2) is 4.98 Å². The molecule has 1 N–H and O–H groups in total. The first kappa shape index (κ1) is 14.8. The predicted octanol–water partition coefficient (Wildman–Crippen LogP) is 2.84. The Morgan fingerprint density at radius 3 is 2.70 bits per heavy atom. The second-order valence-corrected chi connectivity index (χ2v) is 5.18. The van der Waals surface area contributed by atoms with E-state index < -0.39 is 0 Å². The Labute approximate surface area is 121 Å². The quantitative estimate of drug-likeness (QED) is 0.810. The van der Waals surface area contributed by atoms with Crippen LogP contribution in [0.3, 0.4) is 0 Å². The van der Waals surface area contributed by atoms with Gasteiger partial charge in [0.25, 0.3) is 0 Å². The average Bonchev–Trinajstić information content (AvgIpc) is 2.50. The molecule has 1 aromatic heterocycles. The largest absolute Gasteiger partial charge is 0.385 e. The summed E-state index contributed by atoms with van der Waals surface area (Å²) in [5.41, 5.74) is 4.49.